The van der Waals surface area contributed by atoms with Gasteiger partial charge in [-0.3, -0.25) is 0 Å². The molecule has 2 rings (SSSR count). The summed E-state index contributed by atoms with van der Waals surface area (Å²) >= 11 is 11.8. The van der Waals surface area contributed by atoms with Crippen molar-refractivity contribution in [3.63, 3.8) is 0 Å². The Bertz CT molecular complexity index is 488. The van der Waals surface area contributed by atoms with Crippen LogP contribution in [0.2, 0.25) is 10.0 Å². The molecule has 84 valence electrons. The van der Waals surface area contributed by atoms with Gasteiger partial charge < -0.3 is 9.63 Å². The van der Waals surface area contributed by atoms with E-state index in [1.807, 2.05) is 0 Å². The molecule has 1 aromatic heterocycles. The molecule has 0 aliphatic heterocycles. The number of halogens is 2. The van der Waals surface area contributed by atoms with Gasteiger partial charge >= 0.3 is 0 Å². The van der Waals surface area contributed by atoms with E-state index in [4.69, 9.17) is 27.7 Å². The van der Waals surface area contributed by atoms with Crippen LogP contribution < -0.4 is 0 Å². The zero-order valence-corrected chi connectivity index (χ0v) is 9.96. The van der Waals surface area contributed by atoms with Crippen molar-refractivity contribution in [3.8, 4) is 11.3 Å². The Morgan fingerprint density at radius 1 is 1.19 bits per heavy atom. The van der Waals surface area contributed by atoms with E-state index in [1.165, 1.54) is 0 Å². The van der Waals surface area contributed by atoms with Crippen LogP contribution in [0, 0.1) is 0 Å². The van der Waals surface area contributed by atoms with Gasteiger partial charge in [0.15, 0.2) is 5.76 Å². The lowest BCUT2D eigenvalue weighted by atomic mass is 10.1. The summed E-state index contributed by atoms with van der Waals surface area (Å²) in [6.07, 6.45) is -0.684. The van der Waals surface area contributed by atoms with Gasteiger partial charge in [0.2, 0.25) is 0 Å². The first-order valence-electron chi connectivity index (χ1n) is 4.67. The molecule has 0 radical (unpaired) electrons. The van der Waals surface area contributed by atoms with Crippen LogP contribution >= 0.6 is 23.2 Å². The molecule has 2 aromatic rings. The molecule has 1 aromatic carbocycles. The Kier molecular flexibility index (Phi) is 3.19. The van der Waals surface area contributed by atoms with E-state index in [0.29, 0.717) is 21.5 Å². The molecule has 0 aliphatic carbocycles. The van der Waals surface area contributed by atoms with E-state index in [2.05, 4.69) is 5.16 Å². The average molecular weight is 258 g/mol. The third-order valence-electron chi connectivity index (χ3n) is 2.10. The van der Waals surface area contributed by atoms with Gasteiger partial charge in [-0.1, -0.05) is 28.4 Å². The third kappa shape index (κ3) is 2.38. The summed E-state index contributed by atoms with van der Waals surface area (Å²) < 4.78 is 4.97. The van der Waals surface area contributed by atoms with Gasteiger partial charge in [0.25, 0.3) is 0 Å². The van der Waals surface area contributed by atoms with Crippen LogP contribution in [0.3, 0.4) is 0 Å². The molecule has 5 heteroatoms. The Balaban J connectivity index is 2.42. The number of rotatable bonds is 2. The van der Waals surface area contributed by atoms with Crippen molar-refractivity contribution in [2.75, 3.05) is 0 Å². The molecule has 1 unspecified atom stereocenters. The van der Waals surface area contributed by atoms with Crippen molar-refractivity contribution in [3.05, 3.63) is 40.1 Å². The molecule has 16 heavy (non-hydrogen) atoms. The molecular weight excluding hydrogens is 249 g/mol. The van der Waals surface area contributed by atoms with Crippen molar-refractivity contribution < 1.29 is 9.63 Å². The maximum absolute atomic E-state index is 9.31. The summed E-state index contributed by atoms with van der Waals surface area (Å²) in [4.78, 5) is 0. The molecule has 1 N–H and O–H groups in total. The number of hydrogen-bond acceptors (Lipinski definition) is 3. The molecule has 0 fully saturated rings. The minimum atomic E-state index is -0.684. The highest BCUT2D eigenvalue weighted by molar-refractivity contribution is 6.35. The van der Waals surface area contributed by atoms with Crippen LogP contribution in [0.25, 0.3) is 11.3 Å². The SMILES string of the molecule is CC(O)c1cc(-c2cc(Cl)cc(Cl)c2)no1. The van der Waals surface area contributed by atoms with Crippen LogP contribution in [0.4, 0.5) is 0 Å². The summed E-state index contributed by atoms with van der Waals surface area (Å²) in [5.41, 5.74) is 1.36. The van der Waals surface area contributed by atoms with Crippen LogP contribution in [0.5, 0.6) is 0 Å². The van der Waals surface area contributed by atoms with Crippen molar-refractivity contribution in [1.82, 2.24) is 5.16 Å². The maximum Gasteiger partial charge on any atom is 0.165 e. The minimum absolute atomic E-state index is 0.408. The molecule has 1 heterocycles. The first-order chi connectivity index (χ1) is 7.56. The average Bonchev–Trinajstić information content (AvgIpc) is 2.64. The fourth-order valence-corrected chi connectivity index (χ4v) is 1.85. The molecule has 3 nitrogen and oxygen atoms in total. The zero-order valence-electron chi connectivity index (χ0n) is 8.45. The van der Waals surface area contributed by atoms with Gasteiger partial charge in [0.1, 0.15) is 11.8 Å². The van der Waals surface area contributed by atoms with Gasteiger partial charge in [-0.15, -0.1) is 0 Å². The second-order valence-electron chi connectivity index (χ2n) is 3.45. The Morgan fingerprint density at radius 3 is 2.31 bits per heavy atom. The number of aromatic nitrogens is 1. The van der Waals surface area contributed by atoms with Gasteiger partial charge in [-0.25, -0.2) is 0 Å². The van der Waals surface area contributed by atoms with E-state index in [-0.39, 0.29) is 0 Å². The Labute approximate surface area is 103 Å². The van der Waals surface area contributed by atoms with Crippen molar-refractivity contribution >= 4 is 23.2 Å². The van der Waals surface area contributed by atoms with E-state index >= 15 is 0 Å². The molecule has 1 atom stereocenters. The van der Waals surface area contributed by atoms with Gasteiger partial charge in [0.05, 0.1) is 0 Å². The highest BCUT2D eigenvalue weighted by atomic mass is 35.5. The first-order valence-corrected chi connectivity index (χ1v) is 5.43. The maximum atomic E-state index is 9.31. The van der Waals surface area contributed by atoms with E-state index in [0.717, 1.165) is 5.56 Å². The van der Waals surface area contributed by atoms with Crippen LogP contribution in [0.1, 0.15) is 18.8 Å². The Morgan fingerprint density at radius 2 is 1.81 bits per heavy atom. The summed E-state index contributed by atoms with van der Waals surface area (Å²) in [6.45, 7) is 1.61. The number of aliphatic hydroxyl groups is 1. The van der Waals surface area contributed by atoms with Crippen molar-refractivity contribution in [2.45, 2.75) is 13.0 Å². The van der Waals surface area contributed by atoms with Crippen LogP contribution in [-0.4, -0.2) is 10.3 Å². The van der Waals surface area contributed by atoms with E-state index in [9.17, 15) is 5.11 Å². The monoisotopic (exact) mass is 257 g/mol. The standard InChI is InChI=1S/C11H9Cl2NO2/c1-6(15)11-5-10(14-16-11)7-2-8(12)4-9(13)3-7/h2-6,15H,1H3. The smallest absolute Gasteiger partial charge is 0.165 e. The van der Waals surface area contributed by atoms with Crippen LogP contribution in [-0.2, 0) is 0 Å². The second kappa shape index (κ2) is 4.45. The zero-order chi connectivity index (χ0) is 11.7. The van der Waals surface area contributed by atoms with Gasteiger partial charge in [0, 0.05) is 21.7 Å². The summed E-state index contributed by atoms with van der Waals surface area (Å²) in [6, 6.07) is 6.77. The fourth-order valence-electron chi connectivity index (χ4n) is 1.32. The van der Waals surface area contributed by atoms with E-state index in [1.54, 1.807) is 31.2 Å². The normalized spacial score (nSPS) is 12.8. The van der Waals surface area contributed by atoms with Gasteiger partial charge in [-0.05, 0) is 25.1 Å². The fraction of sp³-hybridized carbons (Fsp3) is 0.182. The lowest BCUT2D eigenvalue weighted by Crippen LogP contribution is -1.85. The predicted octanol–water partition coefficient (Wildman–Crippen LogP) is 3.70. The Hall–Kier alpha value is -1.03. The first kappa shape index (κ1) is 11.5. The lowest BCUT2D eigenvalue weighted by Gasteiger charge is -1.98. The van der Waals surface area contributed by atoms with Crippen molar-refractivity contribution in [1.29, 1.82) is 0 Å². The summed E-state index contributed by atoms with van der Waals surface area (Å²) in [5, 5.41) is 14.2. The number of aliphatic hydroxyl groups excluding tert-OH is 1. The summed E-state index contributed by atoms with van der Waals surface area (Å²) in [5.74, 6) is 0.408. The minimum Gasteiger partial charge on any atom is -0.385 e. The molecule has 0 amide bonds. The number of hydrogen-bond donors (Lipinski definition) is 1. The third-order valence-corrected chi connectivity index (χ3v) is 2.53. The van der Waals surface area contributed by atoms with Crippen molar-refractivity contribution in [2.24, 2.45) is 0 Å². The number of nitrogens with zero attached hydrogens (tertiary/aromatic N) is 1. The highest BCUT2D eigenvalue weighted by Gasteiger charge is 2.11. The van der Waals surface area contributed by atoms with Crippen LogP contribution in [0.15, 0.2) is 28.8 Å². The molecule has 0 saturated carbocycles. The number of benzene rings is 1. The largest absolute Gasteiger partial charge is 0.385 e. The topological polar surface area (TPSA) is 46.3 Å². The molecular formula is C11H9Cl2NO2. The highest BCUT2D eigenvalue weighted by Crippen LogP contribution is 2.28. The van der Waals surface area contributed by atoms with E-state index < -0.39 is 6.10 Å². The predicted molar refractivity (Wildman–Crippen MR) is 62.6 cm³/mol. The molecule has 0 aliphatic rings. The van der Waals surface area contributed by atoms with Gasteiger partial charge in [-0.2, -0.15) is 0 Å². The molecule has 0 saturated heterocycles. The molecule has 0 spiro atoms. The lowest BCUT2D eigenvalue weighted by molar-refractivity contribution is 0.158. The summed E-state index contributed by atoms with van der Waals surface area (Å²) in [7, 11) is 0. The quantitative estimate of drug-likeness (QED) is 0.893. The second-order valence-corrected chi connectivity index (χ2v) is 4.32. The molecule has 0 bridgehead atoms.